The van der Waals surface area contributed by atoms with E-state index in [9.17, 15) is 4.79 Å². The molecule has 4 aromatic rings. The Morgan fingerprint density at radius 3 is 2.59 bits per heavy atom. The molecule has 162 valence electrons. The maximum Gasteiger partial charge on any atom is 0.326 e. The van der Waals surface area contributed by atoms with Gasteiger partial charge in [0.1, 0.15) is 5.69 Å². The average molecular weight is 505 g/mol. The second-order valence-electron chi connectivity index (χ2n) is 6.67. The van der Waals surface area contributed by atoms with E-state index in [0.717, 1.165) is 9.75 Å². The van der Waals surface area contributed by atoms with Crippen molar-refractivity contribution in [3.8, 4) is 10.6 Å². The summed E-state index contributed by atoms with van der Waals surface area (Å²) in [4.78, 5) is 19.2. The Bertz CT molecular complexity index is 1310. The first-order chi connectivity index (χ1) is 15.4. The average Bonchev–Trinajstić information content (AvgIpc) is 3.35. The molecule has 4 rings (SSSR count). The first-order valence-corrected chi connectivity index (χ1v) is 11.3. The highest BCUT2D eigenvalue weighted by Gasteiger charge is 2.14. The van der Waals surface area contributed by atoms with Crippen LogP contribution in [0, 0.1) is 6.92 Å². The zero-order valence-electron chi connectivity index (χ0n) is 16.6. The van der Waals surface area contributed by atoms with Gasteiger partial charge in [0.05, 0.1) is 33.0 Å². The topological polar surface area (TPSA) is 71.3 Å². The van der Waals surface area contributed by atoms with Gasteiger partial charge in [0.15, 0.2) is 0 Å². The predicted molar refractivity (Wildman–Crippen MR) is 134 cm³/mol. The van der Waals surface area contributed by atoms with E-state index in [1.807, 2.05) is 19.1 Å². The molecular formula is C22H16Cl3N5OS. The molecule has 6 nitrogen and oxygen atoms in total. The molecule has 2 N–H and O–H groups in total. The van der Waals surface area contributed by atoms with Crippen LogP contribution in [0.2, 0.25) is 15.1 Å². The number of aromatic nitrogens is 2. The third-order valence-electron chi connectivity index (χ3n) is 4.31. The fraction of sp³-hybridized carbons (Fsp3) is 0.0455. The van der Waals surface area contributed by atoms with E-state index < -0.39 is 6.03 Å². The molecule has 0 saturated heterocycles. The van der Waals surface area contributed by atoms with Crippen LogP contribution < -0.4 is 10.6 Å². The SMILES string of the molecule is Cc1ccc(-c2cn(/N=C\c3ccc(Cl)cc3Cl)c(NC(=O)Nc3ccccc3Cl)n2)s1. The van der Waals surface area contributed by atoms with E-state index in [1.165, 1.54) is 4.68 Å². The minimum Gasteiger partial charge on any atom is -0.306 e. The Hall–Kier alpha value is -2.84. The van der Waals surface area contributed by atoms with Crippen molar-refractivity contribution in [2.75, 3.05) is 10.6 Å². The number of anilines is 2. The Labute approximate surface area is 203 Å². The summed E-state index contributed by atoms with van der Waals surface area (Å²) in [7, 11) is 0. The molecule has 10 heteroatoms. The number of aryl methyl sites for hydroxylation is 1. The number of nitrogens with zero attached hydrogens (tertiary/aromatic N) is 3. The summed E-state index contributed by atoms with van der Waals surface area (Å²) in [6.07, 6.45) is 3.30. The molecule has 0 spiro atoms. The van der Waals surface area contributed by atoms with Crippen molar-refractivity contribution in [3.63, 3.8) is 0 Å². The van der Waals surface area contributed by atoms with Gasteiger partial charge in [-0.3, -0.25) is 5.32 Å². The van der Waals surface area contributed by atoms with Gasteiger partial charge in [0, 0.05) is 15.5 Å². The largest absolute Gasteiger partial charge is 0.326 e. The molecule has 0 unspecified atom stereocenters. The Kier molecular flexibility index (Phi) is 6.81. The van der Waals surface area contributed by atoms with Gasteiger partial charge in [-0.2, -0.15) is 5.10 Å². The highest BCUT2D eigenvalue weighted by molar-refractivity contribution is 7.15. The maximum atomic E-state index is 12.6. The number of hydrogen-bond acceptors (Lipinski definition) is 4. The summed E-state index contributed by atoms with van der Waals surface area (Å²) in [6, 6.07) is 15.5. The van der Waals surface area contributed by atoms with Crippen LogP contribution in [0.4, 0.5) is 16.4 Å². The third-order valence-corrected chi connectivity index (χ3v) is 6.23. The molecule has 0 radical (unpaired) electrons. The van der Waals surface area contributed by atoms with E-state index >= 15 is 0 Å². The van der Waals surface area contributed by atoms with Gasteiger partial charge in [-0.05, 0) is 43.3 Å². The van der Waals surface area contributed by atoms with Gasteiger partial charge >= 0.3 is 6.03 Å². The number of urea groups is 1. The molecular weight excluding hydrogens is 489 g/mol. The number of halogens is 3. The zero-order chi connectivity index (χ0) is 22.7. The molecule has 2 heterocycles. The molecule has 0 aliphatic rings. The van der Waals surface area contributed by atoms with Gasteiger partial charge in [0.2, 0.25) is 5.95 Å². The highest BCUT2D eigenvalue weighted by Crippen LogP contribution is 2.29. The normalized spacial score (nSPS) is 11.1. The number of carbonyl (C=O) groups excluding carboxylic acids is 1. The monoisotopic (exact) mass is 503 g/mol. The van der Waals surface area contributed by atoms with Crippen molar-refractivity contribution in [2.24, 2.45) is 5.10 Å². The number of benzene rings is 2. The van der Waals surface area contributed by atoms with Crippen molar-refractivity contribution in [3.05, 3.63) is 86.3 Å². The first-order valence-electron chi connectivity index (χ1n) is 9.37. The lowest BCUT2D eigenvalue weighted by atomic mass is 10.2. The second kappa shape index (κ2) is 9.75. The molecule has 0 bridgehead atoms. The molecule has 2 amide bonds. The van der Waals surface area contributed by atoms with Gasteiger partial charge < -0.3 is 5.32 Å². The van der Waals surface area contributed by atoms with Gasteiger partial charge in [-0.15, -0.1) is 11.3 Å². The van der Waals surface area contributed by atoms with Crippen molar-refractivity contribution in [1.82, 2.24) is 9.66 Å². The van der Waals surface area contributed by atoms with Crippen molar-refractivity contribution in [2.45, 2.75) is 6.92 Å². The van der Waals surface area contributed by atoms with Crippen LogP contribution in [-0.4, -0.2) is 21.9 Å². The van der Waals surface area contributed by atoms with Crippen molar-refractivity contribution < 1.29 is 4.79 Å². The molecule has 2 aromatic heterocycles. The fourth-order valence-electron chi connectivity index (χ4n) is 2.78. The first kappa shape index (κ1) is 22.4. The van der Waals surface area contributed by atoms with Crippen LogP contribution >= 0.6 is 46.1 Å². The summed E-state index contributed by atoms with van der Waals surface area (Å²) in [6.45, 7) is 2.02. The van der Waals surface area contributed by atoms with Crippen molar-refractivity contribution >= 4 is 70.0 Å². The van der Waals surface area contributed by atoms with Crippen LogP contribution in [0.25, 0.3) is 10.6 Å². The molecule has 2 aromatic carbocycles. The number of amides is 2. The van der Waals surface area contributed by atoms with E-state index in [4.69, 9.17) is 34.8 Å². The standard InChI is InChI=1S/C22H16Cl3N5OS/c1-13-6-9-20(32-13)19-12-30(26-11-14-7-8-15(23)10-17(14)25)21(27-19)29-22(31)28-18-5-3-2-4-16(18)24/h2-12H,1H3,(H2,27,28,29,31)/b26-11-. The quantitative estimate of drug-likeness (QED) is 0.278. The van der Waals surface area contributed by atoms with Crippen LogP contribution in [0.15, 0.2) is 65.9 Å². The lowest BCUT2D eigenvalue weighted by Gasteiger charge is -2.08. The Morgan fingerprint density at radius 2 is 1.88 bits per heavy atom. The van der Waals surface area contributed by atoms with E-state index in [2.05, 4.69) is 20.7 Å². The summed E-state index contributed by atoms with van der Waals surface area (Å²) in [5.41, 5.74) is 1.83. The molecule has 0 fully saturated rings. The van der Waals surface area contributed by atoms with Crippen LogP contribution in [0.3, 0.4) is 0 Å². The van der Waals surface area contributed by atoms with E-state index in [-0.39, 0.29) is 5.95 Å². The molecule has 0 saturated carbocycles. The van der Waals surface area contributed by atoms with E-state index in [1.54, 1.807) is 66.2 Å². The minimum atomic E-state index is -0.501. The summed E-state index contributed by atoms with van der Waals surface area (Å²) < 4.78 is 1.47. The second-order valence-corrected chi connectivity index (χ2v) is 9.21. The summed E-state index contributed by atoms with van der Waals surface area (Å²) in [5.74, 6) is 0.233. The number of rotatable bonds is 5. The zero-order valence-corrected chi connectivity index (χ0v) is 19.7. The lowest BCUT2D eigenvalue weighted by molar-refractivity contribution is 0.262. The number of imidazole rings is 1. The highest BCUT2D eigenvalue weighted by atomic mass is 35.5. The Morgan fingerprint density at radius 1 is 1.06 bits per heavy atom. The smallest absolute Gasteiger partial charge is 0.306 e. The number of hydrogen-bond donors (Lipinski definition) is 2. The van der Waals surface area contributed by atoms with Crippen LogP contribution in [0.1, 0.15) is 10.4 Å². The Balaban J connectivity index is 1.63. The van der Waals surface area contributed by atoms with Crippen molar-refractivity contribution in [1.29, 1.82) is 0 Å². The van der Waals surface area contributed by atoms with Crippen LogP contribution in [0.5, 0.6) is 0 Å². The van der Waals surface area contributed by atoms with Gasteiger partial charge in [-0.25, -0.2) is 14.5 Å². The molecule has 0 aliphatic carbocycles. The molecule has 0 aliphatic heterocycles. The third kappa shape index (κ3) is 5.31. The number of nitrogens with one attached hydrogen (secondary N) is 2. The van der Waals surface area contributed by atoms with E-state index in [0.29, 0.717) is 32.0 Å². The van der Waals surface area contributed by atoms with Gasteiger partial charge in [-0.1, -0.05) is 53.0 Å². The lowest BCUT2D eigenvalue weighted by Crippen LogP contribution is -2.21. The minimum absolute atomic E-state index is 0.233. The maximum absolute atomic E-state index is 12.6. The van der Waals surface area contributed by atoms with Gasteiger partial charge in [0.25, 0.3) is 0 Å². The summed E-state index contributed by atoms with van der Waals surface area (Å²) >= 11 is 19.9. The number of thiophene rings is 1. The number of para-hydroxylation sites is 1. The fourth-order valence-corrected chi connectivity index (χ4v) is 4.25. The number of carbonyl (C=O) groups is 1. The van der Waals surface area contributed by atoms with Crippen LogP contribution in [-0.2, 0) is 0 Å². The molecule has 32 heavy (non-hydrogen) atoms. The molecule has 0 atom stereocenters. The predicted octanol–water partition coefficient (Wildman–Crippen LogP) is 7.41. The summed E-state index contributed by atoms with van der Waals surface area (Å²) in [5, 5.41) is 11.3.